The number of carbonyl (C=O) groups excluding carboxylic acids is 2. The van der Waals surface area contributed by atoms with Gasteiger partial charge in [-0.2, -0.15) is 0 Å². The summed E-state index contributed by atoms with van der Waals surface area (Å²) in [4.78, 5) is 26.0. The van der Waals surface area contributed by atoms with Gasteiger partial charge in [0, 0.05) is 10.6 Å². The molecular formula is C17H9ClFI2NO3S. The Balaban J connectivity index is 1.90. The third kappa shape index (κ3) is 4.02. The molecule has 0 saturated carbocycles. The zero-order valence-corrected chi connectivity index (χ0v) is 18.7. The van der Waals surface area contributed by atoms with Crippen molar-refractivity contribution in [2.75, 3.05) is 0 Å². The molecule has 3 rings (SSSR count). The first kappa shape index (κ1) is 19.9. The Morgan fingerprint density at radius 3 is 2.50 bits per heavy atom. The monoisotopic (exact) mass is 615 g/mol. The van der Waals surface area contributed by atoms with Crippen molar-refractivity contribution in [3.8, 4) is 5.75 Å². The Bertz CT molecular complexity index is 924. The Hall–Kier alpha value is -0.850. The number of nitrogens with zero attached hydrogens (tertiary/aromatic N) is 1. The molecule has 1 saturated heterocycles. The van der Waals surface area contributed by atoms with E-state index in [1.165, 1.54) is 18.2 Å². The summed E-state index contributed by atoms with van der Waals surface area (Å²) in [5, 5.41) is 9.51. The van der Waals surface area contributed by atoms with Gasteiger partial charge in [0.1, 0.15) is 11.6 Å². The highest BCUT2D eigenvalue weighted by molar-refractivity contribution is 14.1. The average molecular weight is 616 g/mol. The summed E-state index contributed by atoms with van der Waals surface area (Å²) < 4.78 is 15.2. The number of hydrogen-bond donors (Lipinski definition) is 1. The minimum absolute atomic E-state index is 0.103. The highest BCUT2D eigenvalue weighted by Gasteiger charge is 2.35. The molecule has 2 amide bonds. The topological polar surface area (TPSA) is 57.6 Å². The summed E-state index contributed by atoms with van der Waals surface area (Å²) >= 11 is 10.7. The number of rotatable bonds is 3. The molecule has 2 aromatic carbocycles. The molecule has 0 bridgehead atoms. The first-order valence-electron chi connectivity index (χ1n) is 7.14. The second-order valence-corrected chi connectivity index (χ2v) is 9.03. The van der Waals surface area contributed by atoms with Crippen LogP contribution in [0, 0.1) is 13.0 Å². The van der Waals surface area contributed by atoms with Crippen LogP contribution >= 0.6 is 68.5 Å². The fraction of sp³-hybridized carbons (Fsp3) is 0.0588. The van der Waals surface area contributed by atoms with E-state index in [0.717, 1.165) is 16.7 Å². The second-order valence-electron chi connectivity index (χ2n) is 5.30. The van der Waals surface area contributed by atoms with E-state index in [2.05, 4.69) is 0 Å². The van der Waals surface area contributed by atoms with Crippen molar-refractivity contribution in [2.24, 2.45) is 0 Å². The van der Waals surface area contributed by atoms with Crippen molar-refractivity contribution >= 4 is 85.8 Å². The van der Waals surface area contributed by atoms with E-state index in [0.29, 0.717) is 12.7 Å². The van der Waals surface area contributed by atoms with Gasteiger partial charge >= 0.3 is 0 Å². The molecule has 0 atom stereocenters. The quantitative estimate of drug-likeness (QED) is 0.360. The number of aromatic hydroxyl groups is 1. The van der Waals surface area contributed by atoms with Crippen molar-refractivity contribution in [1.29, 1.82) is 0 Å². The van der Waals surface area contributed by atoms with Gasteiger partial charge in [0.2, 0.25) is 0 Å². The Morgan fingerprint density at radius 2 is 1.88 bits per heavy atom. The summed E-state index contributed by atoms with van der Waals surface area (Å²) in [6.07, 6.45) is 1.58. The van der Waals surface area contributed by atoms with Crippen LogP contribution in [0.5, 0.6) is 5.75 Å². The van der Waals surface area contributed by atoms with Crippen LogP contribution in [-0.2, 0) is 11.3 Å². The average Bonchev–Trinajstić information content (AvgIpc) is 2.83. The first-order valence-corrected chi connectivity index (χ1v) is 10.5. The standard InChI is InChI=1S/C17H9ClFI2NO3S/c18-10-2-1-3-11(19)9(10)7-22-16(24)14(26-17(22)25)6-8-4-12(20)15(23)13(21)5-8/h1-6,23H,7H2/b14-6-. The van der Waals surface area contributed by atoms with Gasteiger partial charge in [-0.25, -0.2) is 4.39 Å². The minimum atomic E-state index is -0.567. The summed E-state index contributed by atoms with van der Waals surface area (Å²) in [6.45, 7) is -0.224. The third-order valence-electron chi connectivity index (χ3n) is 3.59. The van der Waals surface area contributed by atoms with Crippen molar-refractivity contribution in [3.05, 3.63) is 64.3 Å². The molecule has 0 aromatic heterocycles. The number of benzene rings is 2. The highest BCUT2D eigenvalue weighted by atomic mass is 127. The molecule has 9 heteroatoms. The van der Waals surface area contributed by atoms with Crippen molar-refractivity contribution in [3.63, 3.8) is 0 Å². The number of carbonyl (C=O) groups is 2. The molecule has 1 N–H and O–H groups in total. The molecule has 4 nitrogen and oxygen atoms in total. The Morgan fingerprint density at radius 1 is 1.23 bits per heavy atom. The van der Waals surface area contributed by atoms with E-state index in [-0.39, 0.29) is 27.8 Å². The second kappa shape index (κ2) is 8.03. The molecule has 1 heterocycles. The smallest absolute Gasteiger partial charge is 0.293 e. The van der Waals surface area contributed by atoms with Crippen molar-refractivity contribution in [2.45, 2.75) is 6.54 Å². The van der Waals surface area contributed by atoms with Crippen LogP contribution in [-0.4, -0.2) is 21.2 Å². The van der Waals surface area contributed by atoms with Gasteiger partial charge in [-0.05, 0) is 92.8 Å². The van der Waals surface area contributed by atoms with Crippen LogP contribution in [0.25, 0.3) is 6.08 Å². The van der Waals surface area contributed by atoms with E-state index in [1.807, 2.05) is 45.2 Å². The fourth-order valence-electron chi connectivity index (χ4n) is 2.30. The maximum absolute atomic E-state index is 13.9. The molecule has 1 aliphatic heterocycles. The van der Waals surface area contributed by atoms with Gasteiger partial charge in [0.25, 0.3) is 11.1 Å². The number of phenolic OH excluding ortho intramolecular Hbond substituents is 1. The number of thioether (sulfide) groups is 1. The lowest BCUT2D eigenvalue weighted by molar-refractivity contribution is -0.123. The molecule has 26 heavy (non-hydrogen) atoms. The molecule has 2 aromatic rings. The largest absolute Gasteiger partial charge is 0.506 e. The van der Waals surface area contributed by atoms with Gasteiger partial charge in [-0.15, -0.1) is 0 Å². The van der Waals surface area contributed by atoms with Crippen LogP contribution in [0.1, 0.15) is 11.1 Å². The Kier molecular flexibility index (Phi) is 6.14. The predicted octanol–water partition coefficient (Wildman–Crippen LogP) is 5.63. The van der Waals surface area contributed by atoms with Crippen LogP contribution in [0.4, 0.5) is 9.18 Å². The lowest BCUT2D eigenvalue weighted by Crippen LogP contribution is -2.28. The molecule has 1 aliphatic rings. The number of phenols is 1. The third-order valence-corrected chi connectivity index (χ3v) is 6.49. The number of amides is 2. The molecule has 134 valence electrons. The van der Waals surface area contributed by atoms with E-state index >= 15 is 0 Å². The normalized spacial score (nSPS) is 16.0. The van der Waals surface area contributed by atoms with Crippen molar-refractivity contribution in [1.82, 2.24) is 4.90 Å². The molecule has 0 spiro atoms. The maximum atomic E-state index is 13.9. The molecule has 1 fully saturated rings. The van der Waals surface area contributed by atoms with Gasteiger partial charge in [-0.1, -0.05) is 17.7 Å². The van der Waals surface area contributed by atoms with Gasteiger partial charge in [0.05, 0.1) is 18.6 Å². The van der Waals surface area contributed by atoms with Gasteiger partial charge in [0.15, 0.2) is 0 Å². The van der Waals surface area contributed by atoms with Gasteiger partial charge < -0.3 is 5.11 Å². The lowest BCUT2D eigenvalue weighted by atomic mass is 10.2. The summed E-state index contributed by atoms with van der Waals surface area (Å²) in [5.41, 5.74) is 0.789. The minimum Gasteiger partial charge on any atom is -0.506 e. The van der Waals surface area contributed by atoms with Gasteiger partial charge in [-0.3, -0.25) is 14.5 Å². The molecular weight excluding hydrogens is 607 g/mol. The molecule has 0 aliphatic carbocycles. The van der Waals surface area contributed by atoms with Crippen molar-refractivity contribution < 1.29 is 19.1 Å². The van der Waals surface area contributed by atoms with E-state index in [4.69, 9.17) is 11.6 Å². The van der Waals surface area contributed by atoms with Crippen LogP contribution in [0.3, 0.4) is 0 Å². The van der Waals surface area contributed by atoms with E-state index < -0.39 is 17.0 Å². The number of hydrogen-bond acceptors (Lipinski definition) is 4. The SMILES string of the molecule is O=C1S/C(=C\c2cc(I)c(O)c(I)c2)C(=O)N1Cc1c(F)cccc1Cl. The zero-order valence-electron chi connectivity index (χ0n) is 12.8. The highest BCUT2D eigenvalue weighted by Crippen LogP contribution is 2.36. The lowest BCUT2D eigenvalue weighted by Gasteiger charge is -2.14. The summed E-state index contributed by atoms with van der Waals surface area (Å²) in [7, 11) is 0. The Labute approximate surface area is 185 Å². The first-order chi connectivity index (χ1) is 12.3. The number of halogens is 4. The summed E-state index contributed by atoms with van der Waals surface area (Å²) in [5.74, 6) is -0.897. The number of imide groups is 1. The molecule has 0 unspecified atom stereocenters. The van der Waals surface area contributed by atoms with E-state index in [9.17, 15) is 19.1 Å². The maximum Gasteiger partial charge on any atom is 0.293 e. The predicted molar refractivity (Wildman–Crippen MR) is 116 cm³/mol. The van der Waals surface area contributed by atoms with E-state index in [1.54, 1.807) is 18.2 Å². The molecule has 0 radical (unpaired) electrons. The van der Waals surface area contributed by atoms with Crippen LogP contribution in [0.2, 0.25) is 5.02 Å². The summed E-state index contributed by atoms with van der Waals surface area (Å²) in [6, 6.07) is 7.62. The zero-order chi connectivity index (χ0) is 19.0. The van der Waals surface area contributed by atoms with Crippen LogP contribution < -0.4 is 0 Å². The fourth-order valence-corrected chi connectivity index (χ4v) is 5.17. The van der Waals surface area contributed by atoms with Crippen LogP contribution in [0.15, 0.2) is 35.2 Å².